The maximum atomic E-state index is 10.9. The molecule has 0 spiro atoms. The first-order chi connectivity index (χ1) is 6.29. The monoisotopic (exact) mass is 217 g/mol. The molecule has 5 nitrogen and oxygen atoms in total. The summed E-state index contributed by atoms with van der Waals surface area (Å²) in [5, 5.41) is 0. The maximum Gasteiger partial charge on any atom is 0.270 e. The van der Waals surface area contributed by atoms with Gasteiger partial charge in [-0.25, -0.2) is 0 Å². The van der Waals surface area contributed by atoms with Gasteiger partial charge in [0.1, 0.15) is 5.75 Å². The van der Waals surface area contributed by atoms with Crippen LogP contribution >= 0.6 is 0 Å². The molecule has 0 saturated carbocycles. The molecule has 14 heavy (non-hydrogen) atoms. The van der Waals surface area contributed by atoms with Crippen molar-refractivity contribution in [1.29, 1.82) is 0 Å². The molecule has 78 valence electrons. The van der Waals surface area contributed by atoms with Crippen LogP contribution in [-0.4, -0.2) is 23.7 Å². The van der Waals surface area contributed by atoms with Crippen molar-refractivity contribution >= 4 is 15.9 Å². The van der Waals surface area contributed by atoms with Gasteiger partial charge < -0.3 is 4.98 Å². The van der Waals surface area contributed by atoms with Crippen LogP contribution in [0.2, 0.25) is 0 Å². The lowest BCUT2D eigenvalue weighted by atomic mass is 10.2. The largest absolute Gasteiger partial charge is 0.355 e. The normalized spacial score (nSPS) is 11.6. The Morgan fingerprint density at radius 1 is 1.57 bits per heavy atom. The Kier molecular flexibility index (Phi) is 2.77. The van der Waals surface area contributed by atoms with E-state index < -0.39 is 15.9 Å². The molecule has 6 heteroatoms. The third-order valence-electron chi connectivity index (χ3n) is 1.83. The van der Waals surface area contributed by atoms with Crippen LogP contribution in [0.25, 0.3) is 0 Å². The van der Waals surface area contributed by atoms with E-state index in [1.165, 1.54) is 6.92 Å². The molecule has 0 bridgehead atoms. The summed E-state index contributed by atoms with van der Waals surface area (Å²) >= 11 is 0. The molecule has 0 atom stereocenters. The van der Waals surface area contributed by atoms with Gasteiger partial charge in [-0.05, 0) is 18.6 Å². The molecule has 0 aliphatic rings. The van der Waals surface area contributed by atoms with Crippen LogP contribution in [0, 0.1) is 6.92 Å². The average molecular weight is 217 g/mol. The Balaban J connectivity index is 3.05. The topological polar surface area (TPSA) is 87.2 Å². The molecule has 0 fully saturated rings. The fraction of sp³-hybridized carbons (Fsp3) is 0.375. The molecule has 0 saturated heterocycles. The van der Waals surface area contributed by atoms with E-state index >= 15 is 0 Å². The Hall–Kier alpha value is -1.14. The Bertz CT molecular complexity index is 458. The van der Waals surface area contributed by atoms with Crippen LogP contribution in [0.5, 0.6) is 0 Å². The smallest absolute Gasteiger partial charge is 0.270 e. The van der Waals surface area contributed by atoms with Crippen molar-refractivity contribution in [2.24, 2.45) is 0 Å². The number of H-pyrrole nitrogens is 1. The first-order valence-corrected chi connectivity index (χ1v) is 5.55. The number of carbonyl (C=O) groups excluding carboxylic acids is 1. The molecule has 0 unspecified atom stereocenters. The SMILES string of the molecule is CC(=O)c1cc(C)c(CS(=O)(=O)O)[nH]1. The first kappa shape index (κ1) is 10.9. The van der Waals surface area contributed by atoms with Crippen molar-refractivity contribution < 1.29 is 17.8 Å². The second-order valence-electron chi connectivity index (χ2n) is 3.13. The highest BCUT2D eigenvalue weighted by Gasteiger charge is 2.13. The van der Waals surface area contributed by atoms with Gasteiger partial charge in [0.25, 0.3) is 10.1 Å². The zero-order chi connectivity index (χ0) is 10.9. The van der Waals surface area contributed by atoms with E-state index in [0.717, 1.165) is 0 Å². The summed E-state index contributed by atoms with van der Waals surface area (Å²) in [4.78, 5) is 13.6. The fourth-order valence-electron chi connectivity index (χ4n) is 1.12. The highest BCUT2D eigenvalue weighted by atomic mass is 32.2. The van der Waals surface area contributed by atoms with Gasteiger partial charge in [-0.2, -0.15) is 8.42 Å². The van der Waals surface area contributed by atoms with Gasteiger partial charge in [0.2, 0.25) is 0 Å². The summed E-state index contributed by atoms with van der Waals surface area (Å²) < 4.78 is 29.8. The molecule has 1 heterocycles. The number of nitrogens with one attached hydrogen (secondary N) is 1. The molecule has 0 aliphatic carbocycles. The predicted octanol–water partition coefficient (Wildman–Crippen LogP) is 0.914. The number of aromatic amines is 1. The molecule has 1 aromatic rings. The van der Waals surface area contributed by atoms with Gasteiger partial charge in [-0.15, -0.1) is 0 Å². The number of aromatic nitrogens is 1. The van der Waals surface area contributed by atoms with E-state index in [2.05, 4.69) is 4.98 Å². The zero-order valence-corrected chi connectivity index (χ0v) is 8.68. The lowest BCUT2D eigenvalue weighted by Gasteiger charge is -1.95. The van der Waals surface area contributed by atoms with Crippen molar-refractivity contribution in [2.75, 3.05) is 0 Å². The van der Waals surface area contributed by atoms with Crippen molar-refractivity contribution in [2.45, 2.75) is 19.6 Å². The Labute approximate surface area is 81.9 Å². The van der Waals surface area contributed by atoms with E-state index in [1.54, 1.807) is 13.0 Å². The predicted molar refractivity (Wildman–Crippen MR) is 50.8 cm³/mol. The molecule has 1 aromatic heterocycles. The standard InChI is InChI=1S/C8H11NO4S/c1-5-3-7(6(2)10)9-8(5)4-14(11,12)13/h3,9H,4H2,1-2H3,(H,11,12,13). The second-order valence-corrected chi connectivity index (χ2v) is 4.58. The summed E-state index contributed by atoms with van der Waals surface area (Å²) in [6.07, 6.45) is 0. The quantitative estimate of drug-likeness (QED) is 0.582. The van der Waals surface area contributed by atoms with Gasteiger partial charge in [-0.1, -0.05) is 0 Å². The molecule has 0 aromatic carbocycles. The van der Waals surface area contributed by atoms with E-state index in [0.29, 0.717) is 17.0 Å². The molecule has 1 rings (SSSR count). The number of Topliss-reactive ketones (excluding diaryl/α,β-unsaturated/α-hetero) is 1. The van der Waals surface area contributed by atoms with Crippen molar-refractivity contribution in [3.05, 3.63) is 23.0 Å². The van der Waals surface area contributed by atoms with E-state index in [4.69, 9.17) is 4.55 Å². The minimum Gasteiger partial charge on any atom is -0.355 e. The Morgan fingerprint density at radius 2 is 2.14 bits per heavy atom. The van der Waals surface area contributed by atoms with Gasteiger partial charge in [0.05, 0.1) is 5.69 Å². The highest BCUT2D eigenvalue weighted by Crippen LogP contribution is 2.12. The minimum atomic E-state index is -4.05. The number of hydrogen-bond acceptors (Lipinski definition) is 3. The van der Waals surface area contributed by atoms with Crippen LogP contribution in [0.4, 0.5) is 0 Å². The number of hydrogen-bond donors (Lipinski definition) is 2. The third kappa shape index (κ3) is 2.68. The summed E-state index contributed by atoms with van der Waals surface area (Å²) in [6.45, 7) is 3.05. The van der Waals surface area contributed by atoms with Crippen LogP contribution in [0.1, 0.15) is 28.7 Å². The highest BCUT2D eigenvalue weighted by molar-refractivity contribution is 7.85. The van der Waals surface area contributed by atoms with Crippen LogP contribution in [0.15, 0.2) is 6.07 Å². The number of carbonyl (C=O) groups is 1. The molecule has 2 N–H and O–H groups in total. The van der Waals surface area contributed by atoms with E-state index in [1.807, 2.05) is 0 Å². The summed E-state index contributed by atoms with van der Waals surface area (Å²) in [5.74, 6) is -0.666. The van der Waals surface area contributed by atoms with Crippen molar-refractivity contribution in [1.82, 2.24) is 4.98 Å². The van der Waals surface area contributed by atoms with Gasteiger partial charge in [-0.3, -0.25) is 9.35 Å². The molecule has 0 amide bonds. The second kappa shape index (κ2) is 3.55. The van der Waals surface area contributed by atoms with Crippen molar-refractivity contribution in [3.63, 3.8) is 0 Å². The lowest BCUT2D eigenvalue weighted by Crippen LogP contribution is -2.03. The van der Waals surface area contributed by atoms with Gasteiger partial charge >= 0.3 is 0 Å². The van der Waals surface area contributed by atoms with Gasteiger partial charge in [0.15, 0.2) is 5.78 Å². The average Bonchev–Trinajstić information content (AvgIpc) is 2.29. The number of ketones is 1. The van der Waals surface area contributed by atoms with Crippen LogP contribution < -0.4 is 0 Å². The molecular weight excluding hydrogens is 206 g/mol. The Morgan fingerprint density at radius 3 is 2.50 bits per heavy atom. The molecule has 0 aliphatic heterocycles. The number of aryl methyl sites for hydroxylation is 1. The van der Waals surface area contributed by atoms with E-state index in [9.17, 15) is 13.2 Å². The molecular formula is C8H11NO4S. The maximum absolute atomic E-state index is 10.9. The van der Waals surface area contributed by atoms with Crippen LogP contribution in [0.3, 0.4) is 0 Å². The summed E-state index contributed by atoms with van der Waals surface area (Å²) in [5.41, 5.74) is 1.34. The first-order valence-electron chi connectivity index (χ1n) is 3.94. The number of rotatable bonds is 3. The zero-order valence-electron chi connectivity index (χ0n) is 7.86. The third-order valence-corrected chi connectivity index (χ3v) is 2.48. The summed E-state index contributed by atoms with van der Waals surface area (Å²) in [7, 11) is -4.05. The fourth-order valence-corrected chi connectivity index (χ4v) is 1.79. The summed E-state index contributed by atoms with van der Waals surface area (Å²) in [6, 6.07) is 1.56. The van der Waals surface area contributed by atoms with Crippen LogP contribution in [-0.2, 0) is 15.9 Å². The van der Waals surface area contributed by atoms with Crippen molar-refractivity contribution in [3.8, 4) is 0 Å². The minimum absolute atomic E-state index is 0.172. The van der Waals surface area contributed by atoms with Gasteiger partial charge in [0, 0.05) is 12.6 Å². The molecule has 0 radical (unpaired) electrons. The van der Waals surface area contributed by atoms with E-state index in [-0.39, 0.29) is 5.78 Å². The lowest BCUT2D eigenvalue weighted by molar-refractivity contribution is 0.101.